The number of benzene rings is 2. The molecule has 6 nitrogen and oxygen atoms in total. The second-order valence-corrected chi connectivity index (χ2v) is 6.97. The Balaban J connectivity index is 1.42. The molecule has 0 saturated heterocycles. The van der Waals surface area contributed by atoms with Gasteiger partial charge in [-0.05, 0) is 24.6 Å². The van der Waals surface area contributed by atoms with Crippen LogP contribution in [0, 0.1) is 5.82 Å². The molecule has 0 amide bonds. The molecule has 2 N–H and O–H groups in total. The molecule has 0 aliphatic rings. The van der Waals surface area contributed by atoms with Gasteiger partial charge in [0.2, 0.25) is 0 Å². The number of halogens is 1. The van der Waals surface area contributed by atoms with Gasteiger partial charge in [-0.3, -0.25) is 4.99 Å². The van der Waals surface area contributed by atoms with E-state index in [2.05, 4.69) is 37.3 Å². The van der Waals surface area contributed by atoms with Crippen molar-refractivity contribution in [2.75, 3.05) is 20.1 Å². The largest absolute Gasteiger partial charge is 0.489 e. The predicted octanol–water partition coefficient (Wildman–Crippen LogP) is 3.25. The third-order valence-corrected chi connectivity index (χ3v) is 4.55. The lowest BCUT2D eigenvalue weighted by Gasteiger charge is -2.18. The average Bonchev–Trinajstić information content (AvgIpc) is 3.18. The fourth-order valence-corrected chi connectivity index (χ4v) is 3.06. The molecule has 1 aromatic heterocycles. The van der Waals surface area contributed by atoms with Gasteiger partial charge < -0.3 is 19.9 Å². The van der Waals surface area contributed by atoms with Crippen LogP contribution < -0.4 is 15.4 Å². The Kier molecular flexibility index (Phi) is 7.83. The van der Waals surface area contributed by atoms with E-state index in [4.69, 9.17) is 4.74 Å². The lowest BCUT2D eigenvalue weighted by molar-refractivity contribution is 0.223. The highest BCUT2D eigenvalue weighted by molar-refractivity contribution is 5.79. The first-order valence-electron chi connectivity index (χ1n) is 10.0. The van der Waals surface area contributed by atoms with E-state index >= 15 is 0 Å². The molecule has 7 heteroatoms. The molecule has 1 heterocycles. The van der Waals surface area contributed by atoms with Gasteiger partial charge in [-0.1, -0.05) is 36.4 Å². The van der Waals surface area contributed by atoms with Crippen molar-refractivity contribution in [2.24, 2.45) is 4.99 Å². The van der Waals surface area contributed by atoms with E-state index in [-0.39, 0.29) is 11.9 Å². The van der Waals surface area contributed by atoms with Gasteiger partial charge in [0.05, 0.1) is 6.54 Å². The molecule has 30 heavy (non-hydrogen) atoms. The number of nitrogens with one attached hydrogen (secondary N) is 2. The summed E-state index contributed by atoms with van der Waals surface area (Å²) >= 11 is 0. The van der Waals surface area contributed by atoms with Crippen LogP contribution in [0.5, 0.6) is 5.75 Å². The standard InChI is InChI=1S/C23H28FN5O/c1-18(30-21-10-6-9-20(24)15-21)16-28-23(25-2)27-12-11-22-26-13-14-29(22)17-19-7-4-3-5-8-19/h3-10,13-15,18H,11-12,16-17H2,1-2H3,(H2,25,27,28). The number of ether oxygens (including phenoxy) is 1. The van der Waals surface area contributed by atoms with Crippen molar-refractivity contribution in [1.82, 2.24) is 20.2 Å². The van der Waals surface area contributed by atoms with Crippen molar-refractivity contribution >= 4 is 5.96 Å². The molecule has 0 radical (unpaired) electrons. The van der Waals surface area contributed by atoms with Gasteiger partial charge >= 0.3 is 0 Å². The van der Waals surface area contributed by atoms with E-state index in [1.54, 1.807) is 19.2 Å². The zero-order valence-corrected chi connectivity index (χ0v) is 17.4. The minimum atomic E-state index is -0.309. The number of imidazole rings is 1. The monoisotopic (exact) mass is 409 g/mol. The summed E-state index contributed by atoms with van der Waals surface area (Å²) in [7, 11) is 1.73. The highest BCUT2D eigenvalue weighted by atomic mass is 19.1. The van der Waals surface area contributed by atoms with Crippen molar-refractivity contribution in [3.05, 3.63) is 84.2 Å². The Hall–Kier alpha value is -3.35. The second kappa shape index (κ2) is 11.0. The lowest BCUT2D eigenvalue weighted by atomic mass is 10.2. The molecule has 2 aromatic carbocycles. The molecule has 0 spiro atoms. The van der Waals surface area contributed by atoms with E-state index in [0.29, 0.717) is 24.8 Å². The van der Waals surface area contributed by atoms with Crippen LogP contribution in [0.25, 0.3) is 0 Å². The Morgan fingerprint density at radius 1 is 1.17 bits per heavy atom. The summed E-state index contributed by atoms with van der Waals surface area (Å²) in [5.74, 6) is 1.91. The number of rotatable bonds is 9. The Labute approximate surface area is 176 Å². The molecule has 0 aliphatic carbocycles. The Morgan fingerprint density at radius 2 is 2.00 bits per heavy atom. The minimum Gasteiger partial charge on any atom is -0.489 e. The van der Waals surface area contributed by atoms with Gasteiger partial charge in [0.15, 0.2) is 5.96 Å². The summed E-state index contributed by atoms with van der Waals surface area (Å²) in [6.45, 7) is 3.97. The maximum atomic E-state index is 13.3. The summed E-state index contributed by atoms with van der Waals surface area (Å²) in [6, 6.07) is 16.5. The molecule has 158 valence electrons. The fourth-order valence-electron chi connectivity index (χ4n) is 3.06. The normalized spacial score (nSPS) is 12.4. The predicted molar refractivity (Wildman–Crippen MR) is 117 cm³/mol. The number of aliphatic imine (C=N–C) groups is 1. The highest BCUT2D eigenvalue weighted by Crippen LogP contribution is 2.13. The number of nitrogens with zero attached hydrogens (tertiary/aromatic N) is 3. The Bertz CT molecular complexity index is 942. The van der Waals surface area contributed by atoms with Gasteiger partial charge in [-0.25, -0.2) is 9.37 Å². The van der Waals surface area contributed by atoms with E-state index < -0.39 is 0 Å². The molecule has 1 atom stereocenters. The van der Waals surface area contributed by atoms with Crippen molar-refractivity contribution in [1.29, 1.82) is 0 Å². The second-order valence-electron chi connectivity index (χ2n) is 6.97. The van der Waals surface area contributed by atoms with Crippen LogP contribution in [-0.4, -0.2) is 41.8 Å². The van der Waals surface area contributed by atoms with Gasteiger partial charge in [0, 0.05) is 45.0 Å². The fraction of sp³-hybridized carbons (Fsp3) is 0.304. The number of aromatic nitrogens is 2. The van der Waals surface area contributed by atoms with Gasteiger partial charge in [-0.15, -0.1) is 0 Å². The molecule has 1 unspecified atom stereocenters. The smallest absolute Gasteiger partial charge is 0.191 e. The molecular weight excluding hydrogens is 381 g/mol. The summed E-state index contributed by atoms with van der Waals surface area (Å²) in [5.41, 5.74) is 1.24. The van der Waals surface area contributed by atoms with Crippen LogP contribution >= 0.6 is 0 Å². The summed E-state index contributed by atoms with van der Waals surface area (Å²) < 4.78 is 21.1. The van der Waals surface area contributed by atoms with Gasteiger partial charge in [0.1, 0.15) is 23.5 Å². The first-order chi connectivity index (χ1) is 14.6. The van der Waals surface area contributed by atoms with Crippen LogP contribution in [0.2, 0.25) is 0 Å². The van der Waals surface area contributed by atoms with Gasteiger partial charge in [-0.2, -0.15) is 0 Å². The summed E-state index contributed by atoms with van der Waals surface area (Å²) in [5, 5.41) is 6.53. The number of guanidine groups is 1. The molecule has 0 saturated carbocycles. The molecule has 0 bridgehead atoms. The van der Waals surface area contributed by atoms with Crippen LogP contribution in [0.15, 0.2) is 72.0 Å². The van der Waals surface area contributed by atoms with Crippen molar-refractivity contribution in [2.45, 2.75) is 26.0 Å². The van der Waals surface area contributed by atoms with Crippen molar-refractivity contribution in [3.8, 4) is 5.75 Å². The topological polar surface area (TPSA) is 63.5 Å². The van der Waals surface area contributed by atoms with Crippen LogP contribution in [0.3, 0.4) is 0 Å². The average molecular weight is 410 g/mol. The maximum Gasteiger partial charge on any atom is 0.191 e. The van der Waals surface area contributed by atoms with E-state index in [0.717, 1.165) is 18.8 Å². The van der Waals surface area contributed by atoms with Crippen molar-refractivity contribution in [3.63, 3.8) is 0 Å². The molecule has 3 rings (SSSR count). The molecule has 0 fully saturated rings. The quantitative estimate of drug-likeness (QED) is 0.421. The third-order valence-electron chi connectivity index (χ3n) is 4.55. The van der Waals surface area contributed by atoms with E-state index in [9.17, 15) is 4.39 Å². The lowest BCUT2D eigenvalue weighted by Crippen LogP contribution is -2.42. The number of hydrogen-bond donors (Lipinski definition) is 2. The summed E-state index contributed by atoms with van der Waals surface area (Å²) in [6.07, 6.45) is 4.46. The van der Waals surface area contributed by atoms with E-state index in [1.165, 1.54) is 17.7 Å². The molecular formula is C23H28FN5O. The maximum absolute atomic E-state index is 13.3. The SMILES string of the molecule is CN=C(NCCc1nccn1Cc1ccccc1)NCC(C)Oc1cccc(F)c1. The van der Waals surface area contributed by atoms with E-state index in [1.807, 2.05) is 37.5 Å². The zero-order valence-electron chi connectivity index (χ0n) is 17.4. The van der Waals surface area contributed by atoms with Crippen LogP contribution in [0.1, 0.15) is 18.3 Å². The third kappa shape index (κ3) is 6.62. The van der Waals surface area contributed by atoms with Gasteiger partial charge in [0.25, 0.3) is 0 Å². The first-order valence-corrected chi connectivity index (χ1v) is 10.0. The van der Waals surface area contributed by atoms with Crippen molar-refractivity contribution < 1.29 is 9.13 Å². The zero-order chi connectivity index (χ0) is 21.2. The molecule has 0 aliphatic heterocycles. The molecule has 3 aromatic rings. The first kappa shape index (κ1) is 21.4. The van der Waals surface area contributed by atoms with Crippen LogP contribution in [-0.2, 0) is 13.0 Å². The minimum absolute atomic E-state index is 0.143. The number of hydrogen-bond acceptors (Lipinski definition) is 3. The highest BCUT2D eigenvalue weighted by Gasteiger charge is 2.08. The Morgan fingerprint density at radius 3 is 2.77 bits per heavy atom. The van der Waals surface area contributed by atoms with Crippen LogP contribution in [0.4, 0.5) is 4.39 Å². The summed E-state index contributed by atoms with van der Waals surface area (Å²) in [4.78, 5) is 8.72.